The zero-order valence-electron chi connectivity index (χ0n) is 23.1. The zero-order valence-corrected chi connectivity index (χ0v) is 24.6. The highest BCUT2D eigenvalue weighted by atomic mass is 35.5. The van der Waals surface area contributed by atoms with Crippen molar-refractivity contribution in [2.45, 2.75) is 28.5 Å². The quantitative estimate of drug-likeness (QED) is 0.306. The Balaban J connectivity index is 1.54. The number of phenols is 1. The van der Waals surface area contributed by atoms with Crippen LogP contribution in [0.3, 0.4) is 0 Å². The summed E-state index contributed by atoms with van der Waals surface area (Å²) in [5.41, 5.74) is 1.94. The number of likely N-dealkylation sites (tertiary alicyclic amines) is 1. The van der Waals surface area contributed by atoms with Crippen molar-refractivity contribution in [2.24, 2.45) is 17.8 Å². The van der Waals surface area contributed by atoms with Crippen LogP contribution >= 0.6 is 23.2 Å². The van der Waals surface area contributed by atoms with Crippen LogP contribution in [-0.4, -0.2) is 64.7 Å². The van der Waals surface area contributed by atoms with Crippen LogP contribution in [0, 0.1) is 17.8 Å². The van der Waals surface area contributed by atoms with Crippen molar-refractivity contribution in [3.05, 3.63) is 65.8 Å². The predicted octanol–water partition coefficient (Wildman–Crippen LogP) is 4.25. The van der Waals surface area contributed by atoms with E-state index in [0.29, 0.717) is 17.0 Å². The summed E-state index contributed by atoms with van der Waals surface area (Å²) >= 11 is 14.4. The number of aromatic hydroxyl groups is 1. The largest absolute Gasteiger partial charge is 0.507 e. The molecule has 2 saturated heterocycles. The normalized spacial score (nSPS) is 31.9. The number of fused-ring (bicyclic) bond motifs is 4. The molecular formula is C31H28Cl2N2O7. The molecule has 0 aromatic heterocycles. The Morgan fingerprint density at radius 3 is 2.31 bits per heavy atom. The first-order valence-corrected chi connectivity index (χ1v) is 14.2. The number of ether oxygens (including phenoxy) is 2. The third kappa shape index (κ3) is 3.50. The van der Waals surface area contributed by atoms with Crippen LogP contribution in [0.4, 0.5) is 5.69 Å². The fraction of sp³-hybridized carbons (Fsp3) is 0.355. The number of amides is 4. The summed E-state index contributed by atoms with van der Waals surface area (Å²) in [7, 11) is 4.12. The number of phenolic OH excluding ortho intramolecular Hbond substituents is 1. The minimum atomic E-state index is -2.05. The number of anilines is 1. The Morgan fingerprint density at radius 2 is 1.69 bits per heavy atom. The lowest BCUT2D eigenvalue weighted by molar-refractivity contribution is -0.138. The average molecular weight is 611 g/mol. The molecule has 2 aromatic rings. The first-order chi connectivity index (χ1) is 19.9. The van der Waals surface area contributed by atoms with Gasteiger partial charge in [0.2, 0.25) is 11.8 Å². The third-order valence-electron chi connectivity index (χ3n) is 9.24. The number of allylic oxidation sites excluding steroid dienone is 2. The van der Waals surface area contributed by atoms with Crippen LogP contribution in [0.25, 0.3) is 6.08 Å². The Labute approximate surface area is 252 Å². The fourth-order valence-corrected chi connectivity index (χ4v) is 8.24. The van der Waals surface area contributed by atoms with Crippen LogP contribution in [0.2, 0.25) is 0 Å². The van der Waals surface area contributed by atoms with Crippen LogP contribution < -0.4 is 14.4 Å². The summed E-state index contributed by atoms with van der Waals surface area (Å²) < 4.78 is 10.9. The summed E-state index contributed by atoms with van der Waals surface area (Å²) in [5.74, 6) is -5.53. The maximum absolute atomic E-state index is 14.1. The second-order valence-electron chi connectivity index (χ2n) is 11.1. The van der Waals surface area contributed by atoms with Gasteiger partial charge in [-0.25, -0.2) is 0 Å². The molecule has 1 saturated carbocycles. The highest BCUT2D eigenvalue weighted by Gasteiger charge is 2.76. The smallest absolute Gasteiger partial charge is 0.253 e. The molecule has 0 radical (unpaired) electrons. The molecule has 4 aliphatic rings. The van der Waals surface area contributed by atoms with Crippen molar-refractivity contribution in [1.29, 1.82) is 0 Å². The minimum Gasteiger partial charge on any atom is -0.507 e. The van der Waals surface area contributed by atoms with Crippen molar-refractivity contribution in [3.8, 4) is 17.2 Å². The maximum Gasteiger partial charge on any atom is 0.253 e. The number of hydrogen-bond acceptors (Lipinski definition) is 7. The third-order valence-corrected chi connectivity index (χ3v) is 10.7. The van der Waals surface area contributed by atoms with E-state index in [4.69, 9.17) is 32.7 Å². The number of hydrogen-bond donors (Lipinski definition) is 1. The maximum atomic E-state index is 14.1. The SMILES string of the molecule is C=Cc1ccc(N2C(=O)[C@H]3[C@H](CC=C4[C@H]3C[C@@]3(Cl)C(=O)N(C)C(=O)[C@@]3(Cl)[C@H]4c3c(O)cc(OC)cc3OC)C2=O)cc1. The Hall–Kier alpha value is -3.82. The molecule has 42 heavy (non-hydrogen) atoms. The van der Waals surface area contributed by atoms with Gasteiger partial charge in [0.1, 0.15) is 17.2 Å². The highest BCUT2D eigenvalue weighted by molar-refractivity contribution is 6.53. The van der Waals surface area contributed by atoms with Crippen molar-refractivity contribution in [2.75, 3.05) is 26.2 Å². The molecular weight excluding hydrogens is 583 g/mol. The lowest BCUT2D eigenvalue weighted by Gasteiger charge is -2.51. The number of imide groups is 2. The second-order valence-corrected chi connectivity index (χ2v) is 12.3. The van der Waals surface area contributed by atoms with Crippen molar-refractivity contribution in [3.63, 3.8) is 0 Å². The number of benzene rings is 2. The highest BCUT2D eigenvalue weighted by Crippen LogP contribution is 2.67. The van der Waals surface area contributed by atoms with Gasteiger partial charge in [-0.3, -0.25) is 29.0 Å². The van der Waals surface area contributed by atoms with Gasteiger partial charge in [0.25, 0.3) is 11.8 Å². The van der Waals surface area contributed by atoms with E-state index < -0.39 is 51.1 Å². The molecule has 218 valence electrons. The predicted molar refractivity (Wildman–Crippen MR) is 156 cm³/mol. The van der Waals surface area contributed by atoms with Crippen LogP contribution in [-0.2, 0) is 19.2 Å². The summed E-state index contributed by atoms with van der Waals surface area (Å²) in [5, 5.41) is 11.3. The standard InChI is InChI=1S/C31H28Cl2N2O7/c1-5-15-6-8-16(9-7-15)35-26(37)19-11-10-18-20(23(19)27(35)38)14-30(32)28(39)34(2)29(40)31(30,33)25(18)24-21(36)12-17(41-3)13-22(24)42-4/h5-10,12-13,19-20,23,25,36H,1,11,14H2,2-4H3/t19-,20+,23-,25+,30+,31-/m0/s1. The Bertz CT molecular complexity index is 1600. The van der Waals surface area contributed by atoms with E-state index in [-0.39, 0.29) is 35.8 Å². The van der Waals surface area contributed by atoms with Gasteiger partial charge < -0.3 is 14.6 Å². The number of carbonyl (C=O) groups excluding carboxylic acids is 4. The molecule has 0 bridgehead atoms. The molecule has 9 nitrogen and oxygen atoms in total. The van der Waals surface area contributed by atoms with E-state index in [1.54, 1.807) is 36.4 Å². The number of carbonyl (C=O) groups is 4. The number of halogens is 2. The van der Waals surface area contributed by atoms with Gasteiger partial charge in [-0.15, -0.1) is 23.2 Å². The van der Waals surface area contributed by atoms with E-state index in [1.165, 1.54) is 38.3 Å². The summed E-state index contributed by atoms with van der Waals surface area (Å²) in [6.45, 7) is 3.74. The van der Waals surface area contributed by atoms with Gasteiger partial charge in [-0.05, 0) is 36.5 Å². The molecule has 3 fully saturated rings. The fourth-order valence-electron chi connectivity index (χ4n) is 7.24. The zero-order chi connectivity index (χ0) is 30.3. The molecule has 2 aliphatic heterocycles. The molecule has 2 aliphatic carbocycles. The van der Waals surface area contributed by atoms with Gasteiger partial charge in [0.15, 0.2) is 9.75 Å². The molecule has 2 heterocycles. The van der Waals surface area contributed by atoms with E-state index in [2.05, 4.69) is 6.58 Å². The van der Waals surface area contributed by atoms with Crippen molar-refractivity contribution < 1.29 is 33.8 Å². The molecule has 6 atom stereocenters. The van der Waals surface area contributed by atoms with Gasteiger partial charge in [-0.1, -0.05) is 36.4 Å². The van der Waals surface area contributed by atoms with Gasteiger partial charge in [0.05, 0.1) is 31.7 Å². The molecule has 11 heteroatoms. The number of nitrogens with zero attached hydrogens (tertiary/aromatic N) is 2. The molecule has 0 unspecified atom stereocenters. The molecule has 0 spiro atoms. The molecule has 2 aromatic carbocycles. The number of methoxy groups -OCH3 is 2. The molecule has 6 rings (SSSR count). The van der Waals surface area contributed by atoms with Crippen molar-refractivity contribution >= 4 is 58.6 Å². The van der Waals surface area contributed by atoms with E-state index in [9.17, 15) is 24.3 Å². The van der Waals surface area contributed by atoms with Crippen molar-refractivity contribution in [1.82, 2.24) is 4.90 Å². The topological polar surface area (TPSA) is 113 Å². The minimum absolute atomic E-state index is 0.137. The summed E-state index contributed by atoms with van der Waals surface area (Å²) in [6.07, 6.45) is 3.50. The Kier molecular flexibility index (Phi) is 6.47. The van der Waals surface area contributed by atoms with E-state index in [0.717, 1.165) is 10.5 Å². The van der Waals surface area contributed by atoms with Gasteiger partial charge in [-0.2, -0.15) is 0 Å². The van der Waals surface area contributed by atoms with Crippen LogP contribution in [0.5, 0.6) is 17.2 Å². The van der Waals surface area contributed by atoms with Gasteiger partial charge >= 0.3 is 0 Å². The van der Waals surface area contributed by atoms with E-state index >= 15 is 0 Å². The second kappa shape index (κ2) is 9.61. The average Bonchev–Trinajstić information content (AvgIpc) is 3.32. The Morgan fingerprint density at radius 1 is 1.00 bits per heavy atom. The molecule has 4 amide bonds. The summed E-state index contributed by atoms with van der Waals surface area (Å²) in [6, 6.07) is 9.78. The van der Waals surface area contributed by atoms with Gasteiger partial charge in [0, 0.05) is 30.7 Å². The first-order valence-electron chi connectivity index (χ1n) is 13.4. The molecule has 1 N–H and O–H groups in total. The number of alkyl halides is 2. The van der Waals surface area contributed by atoms with E-state index in [1.807, 2.05) is 0 Å². The number of rotatable bonds is 5. The first kappa shape index (κ1) is 28.3. The van der Waals surface area contributed by atoms with Crippen LogP contribution in [0.1, 0.15) is 29.9 Å². The lowest BCUT2D eigenvalue weighted by Crippen LogP contribution is -2.60. The lowest BCUT2D eigenvalue weighted by atomic mass is 9.56. The monoisotopic (exact) mass is 610 g/mol. The summed E-state index contributed by atoms with van der Waals surface area (Å²) in [4.78, 5) is 53.2. The van der Waals surface area contributed by atoms with Crippen LogP contribution in [0.15, 0.2) is 54.6 Å².